The van der Waals surface area contributed by atoms with Crippen LogP contribution in [0.2, 0.25) is 0 Å². The van der Waals surface area contributed by atoms with Crippen molar-refractivity contribution in [2.45, 2.75) is 57.6 Å². The highest BCUT2D eigenvalue weighted by Crippen LogP contribution is 2.32. The molecule has 3 rings (SSSR count). The van der Waals surface area contributed by atoms with E-state index >= 15 is 0 Å². The highest BCUT2D eigenvalue weighted by atomic mass is 32.2. The monoisotopic (exact) mass is 569 g/mol. The Balaban J connectivity index is 2.07. The van der Waals surface area contributed by atoms with Gasteiger partial charge in [-0.05, 0) is 76.6 Å². The molecule has 8 nitrogen and oxygen atoms in total. The molecule has 10 heteroatoms. The molecule has 0 unspecified atom stereocenters. The molecule has 0 bridgehead atoms. The van der Waals surface area contributed by atoms with Crippen molar-refractivity contribution in [1.29, 1.82) is 0 Å². The van der Waals surface area contributed by atoms with Crippen LogP contribution in [0.4, 0.5) is 10.1 Å². The summed E-state index contributed by atoms with van der Waals surface area (Å²) in [7, 11) is -4.22. The number of para-hydroxylation sites is 2. The van der Waals surface area contributed by atoms with E-state index in [1.165, 1.54) is 41.3 Å². The molecule has 40 heavy (non-hydrogen) atoms. The lowest BCUT2D eigenvalue weighted by Crippen LogP contribution is -2.54. The standard InChI is InChI=1S/C30H36FN3O5S/c1-6-39-27-15-11-10-14-26(27)34(40(37,38)25-12-8-7-9-13-25)21-28(35)33(20-23-16-18-24(31)19-17-23)22(2)29(36)32-30(3,4)5/h7-19,22H,6,20-21H2,1-5H3,(H,32,36)/t22-/m0/s1. The van der Waals surface area contributed by atoms with Gasteiger partial charge in [0.25, 0.3) is 10.0 Å². The number of anilines is 1. The van der Waals surface area contributed by atoms with E-state index in [-0.39, 0.29) is 23.7 Å². The molecule has 1 atom stereocenters. The molecule has 0 radical (unpaired) electrons. The van der Waals surface area contributed by atoms with E-state index in [1.54, 1.807) is 56.3 Å². The van der Waals surface area contributed by atoms with Crippen LogP contribution in [-0.4, -0.2) is 49.9 Å². The van der Waals surface area contributed by atoms with Crippen LogP contribution in [0.3, 0.4) is 0 Å². The van der Waals surface area contributed by atoms with E-state index in [0.29, 0.717) is 11.3 Å². The number of nitrogens with one attached hydrogen (secondary N) is 1. The van der Waals surface area contributed by atoms with Crippen molar-refractivity contribution < 1.29 is 27.1 Å². The minimum atomic E-state index is -4.22. The van der Waals surface area contributed by atoms with Gasteiger partial charge in [0, 0.05) is 12.1 Å². The second-order valence-electron chi connectivity index (χ2n) is 10.3. The third-order valence-corrected chi connectivity index (χ3v) is 7.75. The second-order valence-corrected chi connectivity index (χ2v) is 12.2. The van der Waals surface area contributed by atoms with Gasteiger partial charge in [-0.2, -0.15) is 0 Å². The number of rotatable bonds is 11. The van der Waals surface area contributed by atoms with Crippen molar-refractivity contribution in [3.8, 4) is 5.75 Å². The molecule has 0 aliphatic carbocycles. The molecule has 0 spiro atoms. The van der Waals surface area contributed by atoms with Crippen LogP contribution in [0.1, 0.15) is 40.2 Å². The van der Waals surface area contributed by atoms with Crippen molar-refractivity contribution in [3.63, 3.8) is 0 Å². The molecule has 0 heterocycles. The summed E-state index contributed by atoms with van der Waals surface area (Å²) < 4.78 is 48.1. The summed E-state index contributed by atoms with van der Waals surface area (Å²) in [5, 5.41) is 2.87. The van der Waals surface area contributed by atoms with E-state index in [9.17, 15) is 22.4 Å². The number of benzene rings is 3. The first kappa shape index (κ1) is 30.6. The van der Waals surface area contributed by atoms with Gasteiger partial charge in [-0.15, -0.1) is 0 Å². The number of carbonyl (C=O) groups is 2. The Morgan fingerprint density at radius 2 is 1.55 bits per heavy atom. The number of amides is 2. The average molecular weight is 570 g/mol. The molecule has 0 aromatic heterocycles. The van der Waals surface area contributed by atoms with E-state index in [4.69, 9.17) is 4.74 Å². The predicted molar refractivity (Wildman–Crippen MR) is 153 cm³/mol. The van der Waals surface area contributed by atoms with Crippen LogP contribution in [0.5, 0.6) is 5.75 Å². The van der Waals surface area contributed by atoms with Gasteiger partial charge in [-0.3, -0.25) is 13.9 Å². The predicted octanol–water partition coefficient (Wildman–Crippen LogP) is 4.75. The van der Waals surface area contributed by atoms with Crippen molar-refractivity contribution in [2.24, 2.45) is 0 Å². The molecule has 3 aromatic carbocycles. The first-order chi connectivity index (χ1) is 18.8. The maximum absolute atomic E-state index is 14.0. The Hall–Kier alpha value is -3.92. The summed E-state index contributed by atoms with van der Waals surface area (Å²) in [6.07, 6.45) is 0. The van der Waals surface area contributed by atoms with Crippen LogP contribution >= 0.6 is 0 Å². The van der Waals surface area contributed by atoms with Gasteiger partial charge in [0.2, 0.25) is 11.8 Å². The lowest BCUT2D eigenvalue weighted by molar-refractivity contribution is -0.140. The molecule has 0 aliphatic rings. The normalized spacial score (nSPS) is 12.3. The Morgan fingerprint density at radius 3 is 2.15 bits per heavy atom. The van der Waals surface area contributed by atoms with Crippen LogP contribution in [0.25, 0.3) is 0 Å². The second kappa shape index (κ2) is 13.0. The number of sulfonamides is 1. The Labute approximate surface area is 235 Å². The maximum Gasteiger partial charge on any atom is 0.264 e. The number of hydrogen-bond acceptors (Lipinski definition) is 5. The van der Waals surface area contributed by atoms with E-state index in [2.05, 4.69) is 5.32 Å². The third-order valence-electron chi connectivity index (χ3n) is 5.98. The lowest BCUT2D eigenvalue weighted by Gasteiger charge is -2.33. The molecule has 0 saturated heterocycles. The summed E-state index contributed by atoms with van der Waals surface area (Å²) in [5.41, 5.74) is 0.210. The number of nitrogens with zero attached hydrogens (tertiary/aromatic N) is 2. The third kappa shape index (κ3) is 7.81. The molecular weight excluding hydrogens is 533 g/mol. The highest BCUT2D eigenvalue weighted by molar-refractivity contribution is 7.92. The number of halogens is 1. The SMILES string of the molecule is CCOc1ccccc1N(CC(=O)N(Cc1ccc(F)cc1)[C@@H](C)C(=O)NC(C)(C)C)S(=O)(=O)c1ccccc1. The molecule has 0 fully saturated rings. The lowest BCUT2D eigenvalue weighted by atomic mass is 10.1. The van der Waals surface area contributed by atoms with Crippen molar-refractivity contribution in [1.82, 2.24) is 10.2 Å². The van der Waals surface area contributed by atoms with Gasteiger partial charge in [-0.1, -0.05) is 42.5 Å². The minimum Gasteiger partial charge on any atom is -0.492 e. The average Bonchev–Trinajstić information content (AvgIpc) is 2.91. The number of carbonyl (C=O) groups excluding carboxylic acids is 2. The van der Waals surface area contributed by atoms with Crippen molar-refractivity contribution in [2.75, 3.05) is 17.5 Å². The summed E-state index contributed by atoms with van der Waals surface area (Å²) in [4.78, 5) is 28.4. The van der Waals surface area contributed by atoms with Crippen LogP contribution in [0, 0.1) is 5.82 Å². The molecule has 3 aromatic rings. The fraction of sp³-hybridized carbons (Fsp3) is 0.333. The molecule has 214 valence electrons. The summed E-state index contributed by atoms with van der Waals surface area (Å²) in [5.74, 6) is -1.17. The summed E-state index contributed by atoms with van der Waals surface area (Å²) >= 11 is 0. The zero-order chi connectivity index (χ0) is 29.5. The first-order valence-electron chi connectivity index (χ1n) is 13.0. The Morgan fingerprint density at radius 1 is 0.950 bits per heavy atom. The van der Waals surface area contributed by atoms with Gasteiger partial charge in [0.1, 0.15) is 24.2 Å². The summed E-state index contributed by atoms with van der Waals surface area (Å²) in [6, 6.07) is 19.0. The Kier molecular flexibility index (Phi) is 9.92. The first-order valence-corrected chi connectivity index (χ1v) is 14.4. The topological polar surface area (TPSA) is 96.0 Å². The zero-order valence-corrected chi connectivity index (χ0v) is 24.2. The fourth-order valence-electron chi connectivity index (χ4n) is 4.02. The molecule has 1 N–H and O–H groups in total. The van der Waals surface area contributed by atoms with Crippen LogP contribution < -0.4 is 14.4 Å². The largest absolute Gasteiger partial charge is 0.492 e. The number of ether oxygens (including phenoxy) is 1. The highest BCUT2D eigenvalue weighted by Gasteiger charge is 2.34. The van der Waals surface area contributed by atoms with E-state index < -0.39 is 45.8 Å². The van der Waals surface area contributed by atoms with Crippen LogP contribution in [0.15, 0.2) is 83.8 Å². The van der Waals surface area contributed by atoms with Crippen molar-refractivity contribution >= 4 is 27.5 Å². The van der Waals surface area contributed by atoms with Crippen molar-refractivity contribution in [3.05, 3.63) is 90.2 Å². The van der Waals surface area contributed by atoms with Gasteiger partial charge >= 0.3 is 0 Å². The molecule has 0 aliphatic heterocycles. The molecule has 0 saturated carbocycles. The fourth-order valence-corrected chi connectivity index (χ4v) is 5.46. The van der Waals surface area contributed by atoms with Gasteiger partial charge in [0.05, 0.1) is 17.2 Å². The molecular formula is C30H36FN3O5S. The maximum atomic E-state index is 14.0. The van der Waals surface area contributed by atoms with Gasteiger partial charge in [-0.25, -0.2) is 12.8 Å². The zero-order valence-electron chi connectivity index (χ0n) is 23.4. The van der Waals surface area contributed by atoms with Gasteiger partial charge < -0.3 is 15.0 Å². The quantitative estimate of drug-likeness (QED) is 0.360. The Bertz CT molecular complexity index is 1410. The van der Waals surface area contributed by atoms with E-state index in [0.717, 1.165) is 4.31 Å². The van der Waals surface area contributed by atoms with Crippen LogP contribution in [-0.2, 0) is 26.2 Å². The van der Waals surface area contributed by atoms with E-state index in [1.807, 2.05) is 20.8 Å². The van der Waals surface area contributed by atoms with Gasteiger partial charge in [0.15, 0.2) is 0 Å². The molecule has 2 amide bonds. The number of hydrogen-bond donors (Lipinski definition) is 1. The minimum absolute atomic E-state index is 0.00212. The smallest absolute Gasteiger partial charge is 0.264 e. The summed E-state index contributed by atoms with van der Waals surface area (Å²) in [6.45, 7) is 8.46.